The van der Waals surface area contributed by atoms with Gasteiger partial charge in [-0.1, -0.05) is 18.5 Å². The van der Waals surface area contributed by atoms with E-state index in [9.17, 15) is 9.59 Å². The van der Waals surface area contributed by atoms with Gasteiger partial charge in [-0.15, -0.1) is 0 Å². The van der Waals surface area contributed by atoms with Crippen LogP contribution in [-0.4, -0.2) is 25.4 Å². The Labute approximate surface area is 145 Å². The van der Waals surface area contributed by atoms with Gasteiger partial charge in [-0.25, -0.2) is 0 Å². The van der Waals surface area contributed by atoms with E-state index in [4.69, 9.17) is 21.1 Å². The van der Waals surface area contributed by atoms with Gasteiger partial charge in [-0.2, -0.15) is 0 Å². The molecule has 6 heteroatoms. The lowest BCUT2D eigenvalue weighted by molar-refractivity contribution is -0.122. The van der Waals surface area contributed by atoms with Gasteiger partial charge >= 0.3 is 0 Å². The monoisotopic (exact) mass is 347 g/mol. The van der Waals surface area contributed by atoms with Gasteiger partial charge in [0.2, 0.25) is 0 Å². The maximum atomic E-state index is 12.5. The second kappa shape index (κ2) is 8.36. The van der Waals surface area contributed by atoms with Crippen LogP contribution in [0, 0.1) is 0 Å². The molecule has 0 aromatic heterocycles. The number of aldehydes is 1. The highest BCUT2D eigenvalue weighted by Gasteiger charge is 2.20. The number of hydrogen-bond acceptors (Lipinski definition) is 4. The largest absolute Gasteiger partial charge is 0.495 e. The third-order valence-electron chi connectivity index (χ3n) is 3.38. The van der Waals surface area contributed by atoms with Crippen molar-refractivity contribution in [2.45, 2.75) is 19.4 Å². The van der Waals surface area contributed by atoms with E-state index in [1.165, 1.54) is 7.11 Å². The summed E-state index contributed by atoms with van der Waals surface area (Å²) < 4.78 is 10.9. The van der Waals surface area contributed by atoms with Crippen molar-refractivity contribution in [3.05, 3.63) is 53.1 Å². The molecule has 0 saturated heterocycles. The first-order chi connectivity index (χ1) is 11.6. The van der Waals surface area contributed by atoms with E-state index in [0.29, 0.717) is 34.2 Å². The van der Waals surface area contributed by atoms with Gasteiger partial charge in [0, 0.05) is 10.6 Å². The highest BCUT2D eigenvalue weighted by molar-refractivity contribution is 6.31. The molecular formula is C18H18ClNO4. The van der Waals surface area contributed by atoms with Crippen molar-refractivity contribution in [2.24, 2.45) is 0 Å². The van der Waals surface area contributed by atoms with E-state index in [1.807, 2.05) is 6.92 Å². The number of ether oxygens (including phenoxy) is 2. The zero-order chi connectivity index (χ0) is 17.5. The van der Waals surface area contributed by atoms with Crippen LogP contribution in [0.4, 0.5) is 5.69 Å². The van der Waals surface area contributed by atoms with Crippen molar-refractivity contribution in [3.63, 3.8) is 0 Å². The number of hydrogen-bond donors (Lipinski definition) is 1. The Bertz CT molecular complexity index is 715. The minimum Gasteiger partial charge on any atom is -0.495 e. The van der Waals surface area contributed by atoms with Gasteiger partial charge in [0.15, 0.2) is 6.10 Å². The van der Waals surface area contributed by atoms with Gasteiger partial charge in [0.1, 0.15) is 17.8 Å². The molecule has 0 aliphatic carbocycles. The Balaban J connectivity index is 2.10. The Hall–Kier alpha value is -2.53. The van der Waals surface area contributed by atoms with Crippen molar-refractivity contribution >= 4 is 29.5 Å². The van der Waals surface area contributed by atoms with Crippen molar-refractivity contribution in [1.82, 2.24) is 0 Å². The quantitative estimate of drug-likeness (QED) is 0.770. The summed E-state index contributed by atoms with van der Waals surface area (Å²) in [7, 11) is 1.52. The van der Waals surface area contributed by atoms with E-state index < -0.39 is 6.10 Å². The third kappa shape index (κ3) is 4.49. The fourth-order valence-corrected chi connectivity index (χ4v) is 2.27. The number of benzene rings is 2. The van der Waals surface area contributed by atoms with E-state index in [0.717, 1.165) is 6.29 Å². The van der Waals surface area contributed by atoms with Gasteiger partial charge in [-0.05, 0) is 48.9 Å². The summed E-state index contributed by atoms with van der Waals surface area (Å²) >= 11 is 5.96. The first kappa shape index (κ1) is 17.8. The fraction of sp³-hybridized carbons (Fsp3) is 0.222. The Morgan fingerprint density at radius 1 is 1.25 bits per heavy atom. The standard InChI is InChI=1S/C18H18ClNO4/c1-3-16(24-14-7-4-12(11-21)5-8-14)18(22)20-15-10-13(19)6-9-17(15)23-2/h4-11,16H,3H2,1-2H3,(H,20,22). The van der Waals surface area contributed by atoms with Crippen molar-refractivity contribution in [2.75, 3.05) is 12.4 Å². The number of carbonyl (C=O) groups is 2. The van der Waals surface area contributed by atoms with E-state index in [1.54, 1.807) is 42.5 Å². The molecule has 0 fully saturated rings. The number of rotatable bonds is 7. The van der Waals surface area contributed by atoms with Crippen molar-refractivity contribution in [3.8, 4) is 11.5 Å². The number of amides is 1. The zero-order valence-corrected chi connectivity index (χ0v) is 14.2. The Kier molecular flexibility index (Phi) is 6.21. The van der Waals surface area contributed by atoms with E-state index >= 15 is 0 Å². The van der Waals surface area contributed by atoms with Gasteiger partial charge in [0.05, 0.1) is 12.8 Å². The number of halogens is 1. The molecule has 0 radical (unpaired) electrons. The smallest absolute Gasteiger partial charge is 0.265 e. The second-order valence-corrected chi connectivity index (χ2v) is 5.47. The van der Waals surface area contributed by atoms with Crippen LogP contribution in [0.5, 0.6) is 11.5 Å². The predicted molar refractivity (Wildman–Crippen MR) is 93.2 cm³/mol. The molecule has 0 aliphatic rings. The number of nitrogens with one attached hydrogen (secondary N) is 1. The second-order valence-electron chi connectivity index (χ2n) is 5.04. The average Bonchev–Trinajstić information content (AvgIpc) is 2.60. The van der Waals surface area contributed by atoms with Crippen LogP contribution < -0.4 is 14.8 Å². The maximum absolute atomic E-state index is 12.5. The van der Waals surface area contributed by atoms with Crippen LogP contribution in [0.1, 0.15) is 23.7 Å². The molecule has 1 amide bonds. The molecule has 2 rings (SSSR count). The van der Waals surface area contributed by atoms with Crippen molar-refractivity contribution < 1.29 is 19.1 Å². The van der Waals surface area contributed by atoms with Gasteiger partial charge in [-0.3, -0.25) is 9.59 Å². The maximum Gasteiger partial charge on any atom is 0.265 e. The Morgan fingerprint density at radius 2 is 1.96 bits per heavy atom. The minimum absolute atomic E-state index is 0.308. The summed E-state index contributed by atoms with van der Waals surface area (Å²) in [6.45, 7) is 1.85. The predicted octanol–water partition coefficient (Wildman–Crippen LogP) is 3.96. The van der Waals surface area contributed by atoms with E-state index in [-0.39, 0.29) is 5.91 Å². The molecule has 5 nitrogen and oxygen atoms in total. The molecule has 0 spiro atoms. The lowest BCUT2D eigenvalue weighted by atomic mass is 10.2. The lowest BCUT2D eigenvalue weighted by Gasteiger charge is -2.18. The van der Waals surface area contributed by atoms with Crippen LogP contribution in [-0.2, 0) is 4.79 Å². The molecular weight excluding hydrogens is 330 g/mol. The van der Waals surface area contributed by atoms with Crippen molar-refractivity contribution in [1.29, 1.82) is 0 Å². The number of methoxy groups -OCH3 is 1. The van der Waals surface area contributed by atoms with Gasteiger partial charge in [0.25, 0.3) is 5.91 Å². The Morgan fingerprint density at radius 3 is 2.54 bits per heavy atom. The molecule has 126 valence electrons. The van der Waals surface area contributed by atoms with Crippen LogP contribution in [0.2, 0.25) is 5.02 Å². The molecule has 2 aromatic carbocycles. The summed E-state index contributed by atoms with van der Waals surface area (Å²) in [4.78, 5) is 23.1. The molecule has 0 saturated carbocycles. The van der Waals surface area contributed by atoms with Crippen LogP contribution in [0.3, 0.4) is 0 Å². The summed E-state index contributed by atoms with van der Waals surface area (Å²) in [5.41, 5.74) is 1.02. The summed E-state index contributed by atoms with van der Waals surface area (Å²) in [6.07, 6.45) is 0.541. The van der Waals surface area contributed by atoms with Gasteiger partial charge < -0.3 is 14.8 Å². The third-order valence-corrected chi connectivity index (χ3v) is 3.61. The fourth-order valence-electron chi connectivity index (χ4n) is 2.10. The first-order valence-corrected chi connectivity index (χ1v) is 7.81. The molecule has 0 heterocycles. The first-order valence-electron chi connectivity index (χ1n) is 7.43. The van der Waals surface area contributed by atoms with Crippen LogP contribution in [0.25, 0.3) is 0 Å². The molecule has 1 N–H and O–H groups in total. The lowest BCUT2D eigenvalue weighted by Crippen LogP contribution is -2.32. The average molecular weight is 348 g/mol. The minimum atomic E-state index is -0.684. The molecule has 0 aliphatic heterocycles. The molecule has 24 heavy (non-hydrogen) atoms. The number of anilines is 1. The molecule has 1 atom stereocenters. The topological polar surface area (TPSA) is 64.6 Å². The SMILES string of the molecule is CCC(Oc1ccc(C=O)cc1)C(=O)Nc1cc(Cl)ccc1OC. The summed E-state index contributed by atoms with van der Waals surface area (Å²) in [5.74, 6) is 0.719. The number of carbonyl (C=O) groups excluding carboxylic acids is 2. The summed E-state index contributed by atoms with van der Waals surface area (Å²) in [6, 6.07) is 11.5. The zero-order valence-electron chi connectivity index (χ0n) is 13.4. The summed E-state index contributed by atoms with van der Waals surface area (Å²) in [5, 5.41) is 3.26. The molecule has 2 aromatic rings. The normalized spacial score (nSPS) is 11.5. The van der Waals surface area contributed by atoms with E-state index in [2.05, 4.69) is 5.32 Å². The van der Waals surface area contributed by atoms with Crippen LogP contribution >= 0.6 is 11.6 Å². The highest BCUT2D eigenvalue weighted by Crippen LogP contribution is 2.28. The highest BCUT2D eigenvalue weighted by atomic mass is 35.5. The van der Waals surface area contributed by atoms with Crippen LogP contribution in [0.15, 0.2) is 42.5 Å². The molecule has 1 unspecified atom stereocenters. The molecule has 0 bridgehead atoms.